The average Bonchev–Trinajstić information content (AvgIpc) is 3.05. The van der Waals surface area contributed by atoms with Gasteiger partial charge in [-0.25, -0.2) is 4.79 Å². The SMILES string of the molecule is O=C(NCCCc1ccccc1)N1CCC(N2CCCC2=O)CC1. The molecule has 2 fully saturated rings. The summed E-state index contributed by atoms with van der Waals surface area (Å²) in [5.41, 5.74) is 1.31. The van der Waals surface area contributed by atoms with Crippen LogP contribution in [0.2, 0.25) is 0 Å². The maximum absolute atomic E-state index is 12.2. The lowest BCUT2D eigenvalue weighted by Crippen LogP contribution is -2.50. The van der Waals surface area contributed by atoms with Crippen molar-refractivity contribution in [2.24, 2.45) is 0 Å². The lowest BCUT2D eigenvalue weighted by atomic mass is 10.0. The molecule has 3 rings (SSSR count). The summed E-state index contributed by atoms with van der Waals surface area (Å²) >= 11 is 0. The van der Waals surface area contributed by atoms with E-state index in [-0.39, 0.29) is 6.03 Å². The summed E-state index contributed by atoms with van der Waals surface area (Å²) in [5.74, 6) is 0.291. The van der Waals surface area contributed by atoms with E-state index in [2.05, 4.69) is 17.4 Å². The third kappa shape index (κ3) is 4.28. The van der Waals surface area contributed by atoms with Gasteiger partial charge in [-0.05, 0) is 37.7 Å². The standard InChI is InChI=1S/C19H27N3O2/c23-18-9-5-13-22(18)17-10-14-21(15-11-17)19(24)20-12-4-8-16-6-2-1-3-7-16/h1-3,6-7,17H,4-5,8-15H2,(H,20,24). The first-order valence-corrected chi connectivity index (χ1v) is 9.10. The van der Waals surface area contributed by atoms with E-state index in [9.17, 15) is 9.59 Å². The normalized spacial score (nSPS) is 18.9. The van der Waals surface area contributed by atoms with Crippen molar-refractivity contribution in [3.63, 3.8) is 0 Å². The van der Waals surface area contributed by atoms with Gasteiger partial charge in [0.05, 0.1) is 0 Å². The van der Waals surface area contributed by atoms with Crippen molar-refractivity contribution in [2.45, 2.75) is 44.6 Å². The van der Waals surface area contributed by atoms with Crippen LogP contribution in [0.25, 0.3) is 0 Å². The fourth-order valence-electron chi connectivity index (χ4n) is 3.68. The average molecular weight is 329 g/mol. The highest BCUT2D eigenvalue weighted by atomic mass is 16.2. The molecular formula is C19H27N3O2. The minimum absolute atomic E-state index is 0.0364. The summed E-state index contributed by atoms with van der Waals surface area (Å²) < 4.78 is 0. The van der Waals surface area contributed by atoms with Crippen LogP contribution in [0.5, 0.6) is 0 Å². The van der Waals surface area contributed by atoms with Crippen molar-refractivity contribution in [1.29, 1.82) is 0 Å². The number of aryl methyl sites for hydroxylation is 1. The second-order valence-electron chi connectivity index (χ2n) is 6.73. The van der Waals surface area contributed by atoms with Gasteiger partial charge < -0.3 is 15.1 Å². The minimum Gasteiger partial charge on any atom is -0.340 e. The van der Waals surface area contributed by atoms with E-state index in [1.165, 1.54) is 5.56 Å². The molecule has 0 aromatic heterocycles. The van der Waals surface area contributed by atoms with Crippen molar-refractivity contribution >= 4 is 11.9 Å². The number of hydrogen-bond acceptors (Lipinski definition) is 2. The zero-order valence-corrected chi connectivity index (χ0v) is 14.2. The molecule has 1 aromatic rings. The summed E-state index contributed by atoms with van der Waals surface area (Å²) in [4.78, 5) is 28.0. The maximum Gasteiger partial charge on any atom is 0.317 e. The third-order valence-corrected chi connectivity index (χ3v) is 5.06. The predicted molar refractivity (Wildman–Crippen MR) is 93.7 cm³/mol. The molecule has 1 aromatic carbocycles. The Kier molecular flexibility index (Phi) is 5.72. The van der Waals surface area contributed by atoms with Gasteiger partial charge in [-0.2, -0.15) is 0 Å². The molecule has 2 saturated heterocycles. The van der Waals surface area contributed by atoms with E-state index >= 15 is 0 Å². The first-order valence-electron chi connectivity index (χ1n) is 9.10. The second-order valence-corrected chi connectivity index (χ2v) is 6.73. The molecule has 2 aliphatic heterocycles. The number of urea groups is 1. The fourth-order valence-corrected chi connectivity index (χ4v) is 3.68. The molecule has 3 amide bonds. The van der Waals surface area contributed by atoms with Crippen molar-refractivity contribution in [1.82, 2.24) is 15.1 Å². The highest BCUT2D eigenvalue weighted by Gasteiger charge is 2.31. The molecule has 1 N–H and O–H groups in total. The number of carbonyl (C=O) groups excluding carboxylic acids is 2. The van der Waals surface area contributed by atoms with Gasteiger partial charge in [0.25, 0.3) is 0 Å². The van der Waals surface area contributed by atoms with Crippen molar-refractivity contribution in [3.05, 3.63) is 35.9 Å². The molecule has 5 heteroatoms. The molecule has 130 valence electrons. The molecule has 2 heterocycles. The molecule has 0 spiro atoms. The van der Waals surface area contributed by atoms with Gasteiger partial charge in [-0.3, -0.25) is 4.79 Å². The highest BCUT2D eigenvalue weighted by Crippen LogP contribution is 2.22. The summed E-state index contributed by atoms with van der Waals surface area (Å²) in [6, 6.07) is 10.7. The number of carbonyl (C=O) groups is 2. The van der Waals surface area contributed by atoms with E-state index in [1.54, 1.807) is 0 Å². The van der Waals surface area contributed by atoms with Gasteiger partial charge in [0.2, 0.25) is 5.91 Å². The number of likely N-dealkylation sites (tertiary alicyclic amines) is 2. The molecule has 0 unspecified atom stereocenters. The Labute approximate surface area is 144 Å². The lowest BCUT2D eigenvalue weighted by Gasteiger charge is -2.36. The topological polar surface area (TPSA) is 52.7 Å². The summed E-state index contributed by atoms with van der Waals surface area (Å²) in [6.07, 6.45) is 5.43. The van der Waals surface area contributed by atoms with Gasteiger partial charge in [0, 0.05) is 38.6 Å². The first-order chi connectivity index (χ1) is 11.7. The minimum atomic E-state index is 0.0364. The summed E-state index contributed by atoms with van der Waals surface area (Å²) in [6.45, 7) is 3.10. The van der Waals surface area contributed by atoms with Crippen LogP contribution in [0.3, 0.4) is 0 Å². The number of piperidine rings is 1. The summed E-state index contributed by atoms with van der Waals surface area (Å²) in [5, 5.41) is 3.02. The molecule has 24 heavy (non-hydrogen) atoms. The van der Waals surface area contributed by atoms with Crippen molar-refractivity contribution in [3.8, 4) is 0 Å². The number of rotatable bonds is 5. The van der Waals surface area contributed by atoms with Gasteiger partial charge in [0.15, 0.2) is 0 Å². The molecular weight excluding hydrogens is 302 g/mol. The zero-order chi connectivity index (χ0) is 16.8. The summed E-state index contributed by atoms with van der Waals surface area (Å²) in [7, 11) is 0. The Bertz CT molecular complexity index is 553. The molecule has 5 nitrogen and oxygen atoms in total. The molecule has 0 bridgehead atoms. The van der Waals surface area contributed by atoms with Gasteiger partial charge in [-0.15, -0.1) is 0 Å². The van der Waals surface area contributed by atoms with Crippen molar-refractivity contribution in [2.75, 3.05) is 26.2 Å². The van der Waals surface area contributed by atoms with Crippen LogP contribution in [0.1, 0.15) is 37.7 Å². The van der Waals surface area contributed by atoms with Crippen LogP contribution in [0, 0.1) is 0 Å². The van der Waals surface area contributed by atoms with E-state index in [1.807, 2.05) is 28.0 Å². The largest absolute Gasteiger partial charge is 0.340 e. The lowest BCUT2D eigenvalue weighted by molar-refractivity contribution is -0.130. The van der Waals surface area contributed by atoms with E-state index < -0.39 is 0 Å². The number of hydrogen-bond donors (Lipinski definition) is 1. The number of nitrogens with one attached hydrogen (secondary N) is 1. The number of nitrogens with zero attached hydrogens (tertiary/aromatic N) is 2. The smallest absolute Gasteiger partial charge is 0.317 e. The van der Waals surface area contributed by atoms with Crippen LogP contribution < -0.4 is 5.32 Å². The van der Waals surface area contributed by atoms with Crippen LogP contribution >= 0.6 is 0 Å². The molecule has 0 radical (unpaired) electrons. The van der Waals surface area contributed by atoms with Crippen molar-refractivity contribution < 1.29 is 9.59 Å². The van der Waals surface area contributed by atoms with Crippen LogP contribution in [0.4, 0.5) is 4.79 Å². The number of benzene rings is 1. The van der Waals surface area contributed by atoms with Gasteiger partial charge in [0.1, 0.15) is 0 Å². The molecule has 0 atom stereocenters. The van der Waals surface area contributed by atoms with E-state index in [4.69, 9.17) is 0 Å². The molecule has 0 aliphatic carbocycles. The first kappa shape index (κ1) is 16.8. The monoisotopic (exact) mass is 329 g/mol. The Balaban J connectivity index is 1.34. The Morgan fingerprint density at radius 1 is 1.12 bits per heavy atom. The quantitative estimate of drug-likeness (QED) is 0.844. The highest BCUT2D eigenvalue weighted by molar-refractivity contribution is 5.78. The number of amides is 3. The van der Waals surface area contributed by atoms with E-state index in [0.29, 0.717) is 24.9 Å². The third-order valence-electron chi connectivity index (χ3n) is 5.06. The van der Waals surface area contributed by atoms with E-state index in [0.717, 1.165) is 51.7 Å². The Morgan fingerprint density at radius 3 is 2.54 bits per heavy atom. The van der Waals surface area contributed by atoms with Crippen LogP contribution in [-0.4, -0.2) is 54.0 Å². The van der Waals surface area contributed by atoms with Gasteiger partial charge in [-0.1, -0.05) is 30.3 Å². The Hall–Kier alpha value is -2.04. The molecule has 0 saturated carbocycles. The zero-order valence-electron chi connectivity index (χ0n) is 14.2. The van der Waals surface area contributed by atoms with Crippen LogP contribution in [0.15, 0.2) is 30.3 Å². The second kappa shape index (κ2) is 8.18. The van der Waals surface area contributed by atoms with Gasteiger partial charge >= 0.3 is 6.03 Å². The maximum atomic E-state index is 12.2. The predicted octanol–water partition coefficient (Wildman–Crippen LogP) is 2.42. The Morgan fingerprint density at radius 2 is 1.88 bits per heavy atom. The molecule has 2 aliphatic rings. The van der Waals surface area contributed by atoms with Crippen LogP contribution in [-0.2, 0) is 11.2 Å². The fraction of sp³-hybridized carbons (Fsp3) is 0.579.